The van der Waals surface area contributed by atoms with Gasteiger partial charge in [-0.3, -0.25) is 9.59 Å². The molecule has 0 radical (unpaired) electrons. The smallest absolute Gasteiger partial charge is 0.475 e. The zero-order valence-electron chi connectivity index (χ0n) is 18.2. The summed E-state index contributed by atoms with van der Waals surface area (Å²) in [5.41, 5.74) is 4.76. The molecule has 1 saturated heterocycles. The Morgan fingerprint density at radius 1 is 1.08 bits per heavy atom. The fourth-order valence-corrected chi connectivity index (χ4v) is 3.01. The van der Waals surface area contributed by atoms with Gasteiger partial charge in [-0.05, 0) is 42.3 Å². The summed E-state index contributed by atoms with van der Waals surface area (Å²) in [6, 6.07) is 7.88. The second-order valence-corrected chi connectivity index (χ2v) is 7.48. The lowest BCUT2D eigenvalue weighted by molar-refractivity contribution is -0.192. The number of carboxylic acids is 1. The van der Waals surface area contributed by atoms with Crippen LogP contribution in [0.15, 0.2) is 36.4 Å². The van der Waals surface area contributed by atoms with Crippen molar-refractivity contribution in [1.29, 1.82) is 0 Å². The first-order valence-corrected chi connectivity index (χ1v) is 10.1. The second-order valence-electron chi connectivity index (χ2n) is 7.48. The number of carbonyl (C=O) groups excluding carboxylic acids is 2. The van der Waals surface area contributed by atoms with Gasteiger partial charge in [0.25, 0.3) is 11.8 Å². The standard InChI is InChI=1S/C19H19F3N4O3.C2HF3O2/c20-19(21,22)15-6-11(9-23)7-16(24-15)25-17(28)12-2-1-3-13(8-12)18(29)26-5-4-14(27)10-26;3-2(4,5)1(6)7/h1-3,6-8,14,27H,4-5,9-10,23H2,(H,24,25,28);(H,6,7)/t14-;/m0./s1. The lowest BCUT2D eigenvalue weighted by Gasteiger charge is -2.16. The minimum absolute atomic E-state index is 0.0871. The molecular weight excluding hydrogens is 502 g/mol. The van der Waals surface area contributed by atoms with Crippen molar-refractivity contribution in [3.63, 3.8) is 0 Å². The molecule has 2 amide bonds. The molecule has 196 valence electrons. The molecule has 0 unspecified atom stereocenters. The molecule has 3 rings (SSSR count). The number of carbonyl (C=O) groups is 3. The number of pyridine rings is 1. The van der Waals surface area contributed by atoms with Crippen LogP contribution in [0.5, 0.6) is 0 Å². The SMILES string of the molecule is NCc1cc(NC(=O)c2cccc(C(=O)N3CC[C@H](O)C3)c2)nc(C(F)(F)F)c1.O=C(O)C(F)(F)F. The minimum atomic E-state index is -5.08. The van der Waals surface area contributed by atoms with Crippen molar-refractivity contribution < 1.29 is 50.9 Å². The molecule has 5 N–H and O–H groups in total. The van der Waals surface area contributed by atoms with Crippen LogP contribution in [-0.4, -0.2) is 63.3 Å². The molecule has 0 saturated carbocycles. The Kier molecular flexibility index (Phi) is 8.99. The molecule has 1 atom stereocenters. The third kappa shape index (κ3) is 7.91. The van der Waals surface area contributed by atoms with Crippen molar-refractivity contribution in [2.45, 2.75) is 31.4 Å². The van der Waals surface area contributed by atoms with Crippen LogP contribution in [0.4, 0.5) is 32.2 Å². The van der Waals surface area contributed by atoms with Gasteiger partial charge in [0.1, 0.15) is 11.5 Å². The number of amides is 2. The van der Waals surface area contributed by atoms with Crippen LogP contribution >= 0.6 is 0 Å². The highest BCUT2D eigenvalue weighted by Crippen LogP contribution is 2.29. The van der Waals surface area contributed by atoms with Crippen molar-refractivity contribution in [2.75, 3.05) is 18.4 Å². The summed E-state index contributed by atoms with van der Waals surface area (Å²) in [7, 11) is 0. The van der Waals surface area contributed by atoms with Crippen LogP contribution in [-0.2, 0) is 17.5 Å². The van der Waals surface area contributed by atoms with E-state index in [2.05, 4.69) is 10.3 Å². The molecule has 2 aromatic rings. The number of carboxylic acid groups (broad SMARTS) is 1. The van der Waals surface area contributed by atoms with Gasteiger partial charge < -0.3 is 26.2 Å². The summed E-state index contributed by atoms with van der Waals surface area (Å²) in [6.07, 6.45) is -9.86. The molecule has 2 heterocycles. The highest BCUT2D eigenvalue weighted by molar-refractivity contribution is 6.05. The summed E-state index contributed by atoms with van der Waals surface area (Å²) < 4.78 is 70.7. The molecule has 9 nitrogen and oxygen atoms in total. The summed E-state index contributed by atoms with van der Waals surface area (Å²) in [5, 5.41) is 19.0. The Morgan fingerprint density at radius 2 is 1.69 bits per heavy atom. The number of hydrogen-bond donors (Lipinski definition) is 4. The first kappa shape index (κ1) is 28.5. The number of nitrogens with two attached hydrogens (primary N) is 1. The van der Waals surface area contributed by atoms with Gasteiger partial charge in [-0.25, -0.2) is 9.78 Å². The summed E-state index contributed by atoms with van der Waals surface area (Å²) in [4.78, 5) is 38.8. The number of benzene rings is 1. The number of alkyl halides is 6. The first-order valence-electron chi connectivity index (χ1n) is 10.1. The zero-order valence-corrected chi connectivity index (χ0v) is 18.2. The third-order valence-electron chi connectivity index (χ3n) is 4.72. The number of aromatic nitrogens is 1. The van der Waals surface area contributed by atoms with Gasteiger partial charge in [0, 0.05) is 30.8 Å². The molecule has 1 fully saturated rings. The number of likely N-dealkylation sites (tertiary alicyclic amines) is 1. The number of β-amino-alcohol motifs (C(OH)–C–C–N with tert-alkyl or cyclic N) is 1. The molecule has 1 aliphatic rings. The molecule has 1 aromatic carbocycles. The van der Waals surface area contributed by atoms with Gasteiger partial charge in [-0.2, -0.15) is 26.3 Å². The predicted molar refractivity (Wildman–Crippen MR) is 112 cm³/mol. The highest BCUT2D eigenvalue weighted by atomic mass is 19.4. The molecule has 1 aliphatic heterocycles. The highest BCUT2D eigenvalue weighted by Gasteiger charge is 2.38. The van der Waals surface area contributed by atoms with Crippen LogP contribution in [0.3, 0.4) is 0 Å². The average molecular weight is 522 g/mol. The number of aliphatic hydroxyl groups is 1. The maximum absolute atomic E-state index is 13.0. The molecule has 36 heavy (non-hydrogen) atoms. The Bertz CT molecular complexity index is 1120. The number of nitrogens with one attached hydrogen (secondary N) is 1. The van der Waals surface area contributed by atoms with Crippen molar-refractivity contribution in [1.82, 2.24) is 9.88 Å². The van der Waals surface area contributed by atoms with E-state index < -0.39 is 36.0 Å². The van der Waals surface area contributed by atoms with E-state index in [9.17, 15) is 41.0 Å². The number of hydrogen-bond acceptors (Lipinski definition) is 6. The molecule has 0 spiro atoms. The Labute approximate surface area is 199 Å². The van der Waals surface area contributed by atoms with Gasteiger partial charge >= 0.3 is 18.3 Å². The van der Waals surface area contributed by atoms with Crippen LogP contribution in [0.25, 0.3) is 0 Å². The van der Waals surface area contributed by atoms with Crippen molar-refractivity contribution in [3.8, 4) is 0 Å². The van der Waals surface area contributed by atoms with E-state index in [1.165, 1.54) is 35.2 Å². The molecule has 0 bridgehead atoms. The fourth-order valence-electron chi connectivity index (χ4n) is 3.01. The van der Waals surface area contributed by atoms with Gasteiger partial charge in [0.2, 0.25) is 0 Å². The van der Waals surface area contributed by atoms with Gasteiger partial charge in [-0.15, -0.1) is 0 Å². The number of rotatable bonds is 4. The third-order valence-corrected chi connectivity index (χ3v) is 4.72. The van der Waals surface area contributed by atoms with Gasteiger partial charge in [0.15, 0.2) is 0 Å². The summed E-state index contributed by atoms with van der Waals surface area (Å²) in [6.45, 7) is 0.470. The first-order chi connectivity index (χ1) is 16.6. The Balaban J connectivity index is 0.000000572. The average Bonchev–Trinajstić information content (AvgIpc) is 3.23. The van der Waals surface area contributed by atoms with Crippen LogP contribution in [0, 0.1) is 0 Å². The maximum atomic E-state index is 13.0. The lowest BCUT2D eigenvalue weighted by Crippen LogP contribution is -2.29. The maximum Gasteiger partial charge on any atom is 0.490 e. The number of anilines is 1. The van der Waals surface area contributed by atoms with E-state index in [0.717, 1.165) is 6.07 Å². The Morgan fingerprint density at radius 3 is 2.19 bits per heavy atom. The molecule has 15 heteroatoms. The number of nitrogens with zero attached hydrogens (tertiary/aromatic N) is 2. The molecular formula is C21H20F6N4O5. The lowest BCUT2D eigenvalue weighted by atomic mass is 10.1. The fraction of sp³-hybridized carbons (Fsp3) is 0.333. The van der Waals surface area contributed by atoms with E-state index in [1.54, 1.807) is 0 Å². The predicted octanol–water partition coefficient (Wildman–Crippen LogP) is 2.65. The Hall–Kier alpha value is -3.72. The van der Waals surface area contributed by atoms with Crippen LogP contribution in [0.1, 0.15) is 38.4 Å². The van der Waals surface area contributed by atoms with E-state index in [4.69, 9.17) is 15.6 Å². The summed E-state index contributed by atoms with van der Waals surface area (Å²) >= 11 is 0. The zero-order chi connectivity index (χ0) is 27.3. The normalized spacial score (nSPS) is 15.7. The summed E-state index contributed by atoms with van der Waals surface area (Å²) in [5.74, 6) is -4.09. The number of halogens is 6. The number of aliphatic carboxylic acids is 1. The number of aliphatic hydroxyl groups excluding tert-OH is 1. The van der Waals surface area contributed by atoms with Crippen LogP contribution < -0.4 is 11.1 Å². The molecule has 0 aliphatic carbocycles. The van der Waals surface area contributed by atoms with E-state index in [-0.39, 0.29) is 41.5 Å². The van der Waals surface area contributed by atoms with Crippen LogP contribution in [0.2, 0.25) is 0 Å². The monoisotopic (exact) mass is 522 g/mol. The largest absolute Gasteiger partial charge is 0.490 e. The van der Waals surface area contributed by atoms with Crippen molar-refractivity contribution in [3.05, 3.63) is 58.8 Å². The van der Waals surface area contributed by atoms with Crippen molar-refractivity contribution >= 4 is 23.6 Å². The van der Waals surface area contributed by atoms with Gasteiger partial charge in [-0.1, -0.05) is 6.07 Å². The molecule has 1 aromatic heterocycles. The van der Waals surface area contributed by atoms with E-state index in [1.807, 2.05) is 0 Å². The quantitative estimate of drug-likeness (QED) is 0.452. The minimum Gasteiger partial charge on any atom is -0.475 e. The van der Waals surface area contributed by atoms with E-state index >= 15 is 0 Å². The topological polar surface area (TPSA) is 146 Å². The van der Waals surface area contributed by atoms with E-state index in [0.29, 0.717) is 13.0 Å². The second kappa shape index (κ2) is 11.3. The van der Waals surface area contributed by atoms with Crippen molar-refractivity contribution in [2.24, 2.45) is 5.73 Å². The van der Waals surface area contributed by atoms with Gasteiger partial charge in [0.05, 0.1) is 6.10 Å².